The van der Waals surface area contributed by atoms with E-state index >= 15 is 0 Å². The molecule has 0 saturated heterocycles. The number of benzene rings is 2. The smallest absolute Gasteiger partial charge is 0.197 e. The van der Waals surface area contributed by atoms with Gasteiger partial charge in [-0.15, -0.1) is 11.3 Å². The predicted molar refractivity (Wildman–Crippen MR) is 123 cm³/mol. The number of rotatable bonds is 2. The summed E-state index contributed by atoms with van der Waals surface area (Å²) in [7, 11) is 0. The maximum atomic E-state index is 12.7. The van der Waals surface area contributed by atoms with Crippen molar-refractivity contribution < 1.29 is 9.59 Å². The first-order valence-corrected chi connectivity index (χ1v) is 10.8. The molecule has 0 saturated carbocycles. The van der Waals surface area contributed by atoms with Crippen LogP contribution < -0.4 is 4.90 Å². The van der Waals surface area contributed by atoms with E-state index in [9.17, 15) is 9.59 Å². The topological polar surface area (TPSA) is 50.3 Å². The van der Waals surface area contributed by atoms with Gasteiger partial charge in [-0.3, -0.25) is 14.5 Å². The van der Waals surface area contributed by atoms with E-state index in [1.54, 1.807) is 41.7 Å². The zero-order valence-corrected chi connectivity index (χ0v) is 17.2. The molecule has 6 rings (SSSR count). The van der Waals surface area contributed by atoms with Gasteiger partial charge in [0.25, 0.3) is 0 Å². The van der Waals surface area contributed by atoms with Gasteiger partial charge < -0.3 is 0 Å². The summed E-state index contributed by atoms with van der Waals surface area (Å²) in [6.45, 7) is 0. The Hall–Kier alpha value is -3.83. The van der Waals surface area contributed by atoms with E-state index in [4.69, 9.17) is 0 Å². The number of carbonyl (C=O) groups excluding carboxylic acids is 2. The molecule has 4 aromatic rings. The molecule has 2 aromatic heterocycles. The zero-order chi connectivity index (χ0) is 20.9. The Morgan fingerprint density at radius 1 is 0.806 bits per heavy atom. The number of ketones is 2. The van der Waals surface area contributed by atoms with Crippen LogP contribution in [0.1, 0.15) is 36.7 Å². The highest BCUT2D eigenvalue weighted by Gasteiger charge is 2.33. The van der Waals surface area contributed by atoms with Crippen molar-refractivity contribution in [3.05, 3.63) is 112 Å². The van der Waals surface area contributed by atoms with Crippen LogP contribution >= 0.6 is 11.3 Å². The van der Waals surface area contributed by atoms with Gasteiger partial charge in [-0.05, 0) is 41.5 Å². The normalized spacial score (nSPS) is 14.3. The predicted octanol–water partition coefficient (Wildman–Crippen LogP) is 5.98. The van der Waals surface area contributed by atoms with Gasteiger partial charge >= 0.3 is 0 Å². The third-order valence-corrected chi connectivity index (χ3v) is 6.74. The molecular weight excluding hydrogens is 404 g/mol. The first-order valence-electron chi connectivity index (χ1n) is 10.0. The lowest BCUT2D eigenvalue weighted by molar-refractivity contribution is 0.0990. The quantitative estimate of drug-likeness (QED) is 0.260. The highest BCUT2D eigenvalue weighted by atomic mass is 32.1. The van der Waals surface area contributed by atoms with Crippen LogP contribution in [0.15, 0.2) is 84.6 Å². The van der Waals surface area contributed by atoms with E-state index in [0.29, 0.717) is 11.1 Å². The Bertz CT molecular complexity index is 1330. The van der Waals surface area contributed by atoms with Gasteiger partial charge in [0.2, 0.25) is 0 Å². The summed E-state index contributed by atoms with van der Waals surface area (Å²) in [6, 6.07) is 23.4. The first kappa shape index (κ1) is 18.0. The molecule has 5 heteroatoms. The van der Waals surface area contributed by atoms with Gasteiger partial charge in [0.15, 0.2) is 11.6 Å². The molecule has 31 heavy (non-hydrogen) atoms. The second kappa shape index (κ2) is 6.86. The number of thiophene rings is 1. The molecule has 0 amide bonds. The Morgan fingerprint density at radius 2 is 1.52 bits per heavy atom. The summed E-state index contributed by atoms with van der Waals surface area (Å²) in [6.07, 6.45) is 4.37. The van der Waals surface area contributed by atoms with Crippen LogP contribution in [0.5, 0.6) is 0 Å². The molecule has 0 atom stereocenters. The average Bonchev–Trinajstić information content (AvgIpc) is 3.36. The highest BCUT2D eigenvalue weighted by molar-refractivity contribution is 7.17. The summed E-state index contributed by atoms with van der Waals surface area (Å²) >= 11 is 1.54. The van der Waals surface area contributed by atoms with Gasteiger partial charge in [-0.1, -0.05) is 48.5 Å². The van der Waals surface area contributed by atoms with Gasteiger partial charge in [-0.25, -0.2) is 4.98 Å². The van der Waals surface area contributed by atoms with Crippen molar-refractivity contribution in [2.75, 3.05) is 4.90 Å². The molecule has 0 bridgehead atoms. The monoisotopic (exact) mass is 420 g/mol. The second-order valence-electron chi connectivity index (χ2n) is 7.56. The number of nitrogens with zero attached hydrogens (tertiary/aromatic N) is 2. The van der Waals surface area contributed by atoms with Crippen LogP contribution in [-0.2, 0) is 6.42 Å². The summed E-state index contributed by atoms with van der Waals surface area (Å²) in [5.74, 6) is 0.513. The molecule has 0 N–H and O–H groups in total. The largest absolute Gasteiger partial charge is 0.288 e. The van der Waals surface area contributed by atoms with Crippen LogP contribution in [-0.4, -0.2) is 16.6 Å². The van der Waals surface area contributed by atoms with Crippen LogP contribution in [0.25, 0.3) is 6.08 Å². The standard InChI is InChI=1S/C26H16N2O2S/c29-24-19-8-2-3-9-20(19)25(30)21(24)15-18-11-12-23(31-18)28-22-10-4-1-6-16(22)14-17-7-5-13-27-26(17)28/h1-13,15H,14H2. The van der Waals surface area contributed by atoms with Crippen LogP contribution in [0.2, 0.25) is 0 Å². The van der Waals surface area contributed by atoms with Gasteiger partial charge in [0.05, 0.1) is 11.3 Å². The molecule has 2 aliphatic rings. The minimum atomic E-state index is -0.203. The Labute approximate surface area is 183 Å². The Balaban J connectivity index is 1.43. The number of allylic oxidation sites excluding steroid dienone is 1. The molecule has 0 spiro atoms. The number of Topliss-reactive ketones (excluding diaryl/α,β-unsaturated/α-hetero) is 2. The number of pyridine rings is 1. The lowest BCUT2D eigenvalue weighted by Crippen LogP contribution is -2.18. The number of hydrogen-bond acceptors (Lipinski definition) is 5. The van der Waals surface area contributed by atoms with Crippen LogP contribution in [0.3, 0.4) is 0 Å². The van der Waals surface area contributed by atoms with Gasteiger partial charge in [-0.2, -0.15) is 0 Å². The minimum Gasteiger partial charge on any atom is -0.288 e. The maximum absolute atomic E-state index is 12.7. The van der Waals surface area contributed by atoms with E-state index in [1.807, 2.05) is 30.5 Å². The SMILES string of the molecule is O=C1C(=Cc2ccc(N3c4ccccc4Cc4cccnc43)s2)C(=O)c2ccccc21. The fourth-order valence-electron chi connectivity index (χ4n) is 4.28. The van der Waals surface area contributed by atoms with E-state index in [0.717, 1.165) is 27.8 Å². The van der Waals surface area contributed by atoms with Gasteiger partial charge in [0.1, 0.15) is 10.8 Å². The summed E-state index contributed by atoms with van der Waals surface area (Å²) in [5, 5.41) is 0.995. The number of hydrogen-bond donors (Lipinski definition) is 0. The molecule has 4 nitrogen and oxygen atoms in total. The van der Waals surface area contributed by atoms with E-state index in [2.05, 4.69) is 34.1 Å². The number of para-hydroxylation sites is 1. The van der Waals surface area contributed by atoms with E-state index < -0.39 is 0 Å². The molecule has 1 aliphatic heterocycles. The zero-order valence-electron chi connectivity index (χ0n) is 16.4. The Morgan fingerprint density at radius 3 is 2.32 bits per heavy atom. The Kier molecular flexibility index (Phi) is 3.98. The average molecular weight is 420 g/mol. The molecule has 0 fully saturated rings. The number of fused-ring (bicyclic) bond motifs is 3. The molecule has 0 radical (unpaired) electrons. The third-order valence-electron chi connectivity index (χ3n) is 5.72. The van der Waals surface area contributed by atoms with Gasteiger partial charge in [0, 0.05) is 28.6 Å². The number of carbonyl (C=O) groups is 2. The second-order valence-corrected chi connectivity index (χ2v) is 8.66. The summed E-state index contributed by atoms with van der Waals surface area (Å²) < 4.78 is 0. The summed E-state index contributed by atoms with van der Waals surface area (Å²) in [5.41, 5.74) is 4.72. The van der Waals surface area contributed by atoms with E-state index in [1.165, 1.54) is 11.1 Å². The fraction of sp³-hybridized carbons (Fsp3) is 0.0385. The van der Waals surface area contributed by atoms with E-state index in [-0.39, 0.29) is 17.1 Å². The van der Waals surface area contributed by atoms with Crippen molar-refractivity contribution in [2.45, 2.75) is 6.42 Å². The minimum absolute atomic E-state index is 0.203. The van der Waals surface area contributed by atoms with Crippen molar-refractivity contribution in [2.24, 2.45) is 0 Å². The molecule has 2 aromatic carbocycles. The molecule has 0 unspecified atom stereocenters. The highest BCUT2D eigenvalue weighted by Crippen LogP contribution is 2.45. The van der Waals surface area contributed by atoms with Crippen molar-refractivity contribution in [3.63, 3.8) is 0 Å². The van der Waals surface area contributed by atoms with Crippen molar-refractivity contribution in [1.82, 2.24) is 4.98 Å². The van der Waals surface area contributed by atoms with Crippen molar-refractivity contribution in [3.8, 4) is 0 Å². The van der Waals surface area contributed by atoms with Crippen molar-refractivity contribution >= 4 is 45.5 Å². The van der Waals surface area contributed by atoms with Crippen molar-refractivity contribution in [1.29, 1.82) is 0 Å². The summed E-state index contributed by atoms with van der Waals surface area (Å²) in [4.78, 5) is 33.2. The molecule has 1 aliphatic carbocycles. The maximum Gasteiger partial charge on any atom is 0.197 e. The number of anilines is 3. The molecule has 148 valence electrons. The molecule has 3 heterocycles. The first-order chi connectivity index (χ1) is 15.2. The lowest BCUT2D eigenvalue weighted by atomic mass is 9.98. The molecular formula is C26H16N2O2S. The third kappa shape index (κ3) is 2.78. The fourth-order valence-corrected chi connectivity index (χ4v) is 5.24. The lowest BCUT2D eigenvalue weighted by Gasteiger charge is -2.30. The van der Waals surface area contributed by atoms with Crippen LogP contribution in [0.4, 0.5) is 16.5 Å². The van der Waals surface area contributed by atoms with Crippen LogP contribution in [0, 0.1) is 0 Å². The number of aromatic nitrogens is 1.